The quantitative estimate of drug-likeness (QED) is 0.0261. The van der Waals surface area contributed by atoms with Gasteiger partial charge in [0.05, 0.1) is 25.4 Å². The molecule has 1 saturated heterocycles. The lowest BCUT2D eigenvalue weighted by Gasteiger charge is -2.40. The van der Waals surface area contributed by atoms with Gasteiger partial charge in [-0.15, -0.1) is 0 Å². The monoisotopic (exact) mass is 978 g/mol. The Kier molecular flexibility index (Phi) is 47.8. The van der Waals surface area contributed by atoms with Crippen molar-refractivity contribution in [2.45, 2.75) is 339 Å². The molecule has 1 fully saturated rings. The highest BCUT2D eigenvalue weighted by atomic mass is 16.7. The maximum atomic E-state index is 13.1. The van der Waals surface area contributed by atoms with Crippen LogP contribution in [-0.2, 0) is 14.3 Å². The largest absolute Gasteiger partial charge is 0.394 e. The van der Waals surface area contributed by atoms with Crippen LogP contribution >= 0.6 is 0 Å². The van der Waals surface area contributed by atoms with E-state index in [4.69, 9.17) is 9.47 Å². The van der Waals surface area contributed by atoms with Gasteiger partial charge in [0.2, 0.25) is 5.91 Å². The molecule has 0 spiro atoms. The maximum Gasteiger partial charge on any atom is 0.220 e. The minimum Gasteiger partial charge on any atom is -0.394 e. The fourth-order valence-electron chi connectivity index (χ4n) is 9.76. The molecule has 9 nitrogen and oxygen atoms in total. The zero-order chi connectivity index (χ0) is 50.1. The van der Waals surface area contributed by atoms with Gasteiger partial charge in [-0.05, 0) is 32.1 Å². The minimum atomic E-state index is -1.57. The molecular formula is C60H115NO8. The Morgan fingerprint density at radius 2 is 0.826 bits per heavy atom. The highest BCUT2D eigenvalue weighted by molar-refractivity contribution is 5.76. The lowest BCUT2D eigenvalue weighted by Crippen LogP contribution is -2.60. The van der Waals surface area contributed by atoms with Gasteiger partial charge in [-0.3, -0.25) is 4.79 Å². The van der Waals surface area contributed by atoms with Crippen molar-refractivity contribution >= 4 is 5.91 Å². The third-order valence-electron chi connectivity index (χ3n) is 14.5. The average molecular weight is 979 g/mol. The Balaban J connectivity index is 2.22. The molecule has 0 saturated carbocycles. The highest BCUT2D eigenvalue weighted by Gasteiger charge is 2.44. The zero-order valence-corrected chi connectivity index (χ0v) is 45.3. The lowest BCUT2D eigenvalue weighted by molar-refractivity contribution is -0.302. The van der Waals surface area contributed by atoms with Crippen LogP contribution in [-0.4, -0.2) is 87.5 Å². The number of aliphatic hydroxyl groups excluding tert-OH is 5. The van der Waals surface area contributed by atoms with Crippen LogP contribution in [0.15, 0.2) is 24.3 Å². The maximum absolute atomic E-state index is 13.1. The van der Waals surface area contributed by atoms with E-state index < -0.39 is 49.5 Å². The standard InChI is InChI=1S/C60H115NO8/c1-3-5-7-9-11-13-15-17-19-21-23-25-27-28-30-32-34-36-38-40-42-44-46-48-50-56(64)61-53(52-68-60-59(67)58(66)57(65)55(51-62)69-60)54(63)49-47-45-43-41-39-37-35-33-31-29-26-24-22-20-18-16-14-12-10-8-6-4-2/h39,41,47,49,53-55,57-60,62-63,65-67H,3-38,40,42-46,48,50-52H2,1-2H3,(H,61,64)/b41-39+,49-47+. The summed E-state index contributed by atoms with van der Waals surface area (Å²) >= 11 is 0. The third-order valence-corrected chi connectivity index (χ3v) is 14.5. The van der Waals surface area contributed by atoms with Crippen LogP contribution in [0.5, 0.6) is 0 Å². The lowest BCUT2D eigenvalue weighted by atomic mass is 9.99. The second-order valence-electron chi connectivity index (χ2n) is 21.1. The summed E-state index contributed by atoms with van der Waals surface area (Å²) in [5.41, 5.74) is 0. The molecule has 69 heavy (non-hydrogen) atoms. The Morgan fingerprint density at radius 1 is 0.478 bits per heavy atom. The van der Waals surface area contributed by atoms with E-state index in [0.717, 1.165) is 38.5 Å². The summed E-state index contributed by atoms with van der Waals surface area (Å²) in [6.45, 7) is 3.81. The molecular weight excluding hydrogens is 863 g/mol. The molecule has 0 radical (unpaired) electrons. The van der Waals surface area contributed by atoms with Crippen molar-refractivity contribution in [1.82, 2.24) is 5.32 Å². The van der Waals surface area contributed by atoms with Crippen molar-refractivity contribution in [1.29, 1.82) is 0 Å². The first-order valence-corrected chi connectivity index (χ1v) is 30.1. The first kappa shape index (κ1) is 65.7. The van der Waals surface area contributed by atoms with Crippen molar-refractivity contribution in [2.75, 3.05) is 13.2 Å². The number of carbonyl (C=O) groups excluding carboxylic acids is 1. The minimum absolute atomic E-state index is 0.180. The van der Waals surface area contributed by atoms with Gasteiger partial charge >= 0.3 is 0 Å². The topological polar surface area (TPSA) is 149 Å². The summed E-state index contributed by atoms with van der Waals surface area (Å²) < 4.78 is 11.3. The fourth-order valence-corrected chi connectivity index (χ4v) is 9.76. The van der Waals surface area contributed by atoms with Crippen LogP contribution in [0, 0.1) is 0 Å². The van der Waals surface area contributed by atoms with E-state index in [-0.39, 0.29) is 12.5 Å². The van der Waals surface area contributed by atoms with Gasteiger partial charge in [-0.2, -0.15) is 0 Å². The third kappa shape index (κ3) is 39.8. The number of aliphatic hydroxyl groups is 5. The van der Waals surface area contributed by atoms with Gasteiger partial charge in [0, 0.05) is 6.42 Å². The molecule has 1 aliphatic heterocycles. The van der Waals surface area contributed by atoms with Crippen molar-refractivity contribution < 1.29 is 39.8 Å². The number of carbonyl (C=O) groups is 1. The van der Waals surface area contributed by atoms with Gasteiger partial charge in [-0.1, -0.05) is 282 Å². The molecule has 0 aromatic carbocycles. The van der Waals surface area contributed by atoms with Gasteiger partial charge in [0.15, 0.2) is 6.29 Å². The predicted octanol–water partition coefficient (Wildman–Crippen LogP) is 15.0. The number of hydrogen-bond donors (Lipinski definition) is 6. The van der Waals surface area contributed by atoms with Crippen LogP contribution in [0.1, 0.15) is 296 Å². The number of rotatable bonds is 52. The molecule has 6 N–H and O–H groups in total. The van der Waals surface area contributed by atoms with Crippen molar-refractivity contribution in [2.24, 2.45) is 0 Å². The zero-order valence-electron chi connectivity index (χ0n) is 45.3. The molecule has 1 amide bonds. The van der Waals surface area contributed by atoms with Crippen LogP contribution in [0.2, 0.25) is 0 Å². The summed E-state index contributed by atoms with van der Waals surface area (Å²) in [5, 5.41) is 54.5. The SMILES string of the molecule is CCCCCCCCCCCCCCCCCC/C=C/CC/C=C/C(O)C(COC1OC(CO)C(O)C(O)C1O)NC(=O)CCCCCCCCCCCCCCCCCCCCCCCCCC. The molecule has 0 aromatic rings. The Morgan fingerprint density at radius 3 is 1.22 bits per heavy atom. The average Bonchev–Trinajstić information content (AvgIpc) is 3.35. The highest BCUT2D eigenvalue weighted by Crippen LogP contribution is 2.23. The van der Waals surface area contributed by atoms with Crippen LogP contribution in [0.3, 0.4) is 0 Å². The fraction of sp³-hybridized carbons (Fsp3) is 0.917. The van der Waals surface area contributed by atoms with Crippen molar-refractivity contribution in [3.05, 3.63) is 24.3 Å². The van der Waals surface area contributed by atoms with Crippen LogP contribution in [0.25, 0.3) is 0 Å². The number of unbranched alkanes of at least 4 members (excludes halogenated alkanes) is 40. The summed E-state index contributed by atoms with van der Waals surface area (Å²) in [4.78, 5) is 13.1. The van der Waals surface area contributed by atoms with E-state index in [0.29, 0.717) is 6.42 Å². The number of ether oxygens (including phenoxy) is 2. The van der Waals surface area contributed by atoms with E-state index in [2.05, 4.69) is 31.3 Å². The predicted molar refractivity (Wildman–Crippen MR) is 290 cm³/mol. The molecule has 9 heteroatoms. The number of nitrogens with one attached hydrogen (secondary N) is 1. The van der Waals surface area contributed by atoms with Crippen LogP contribution < -0.4 is 5.32 Å². The number of allylic oxidation sites excluding steroid dienone is 3. The molecule has 7 atom stereocenters. The van der Waals surface area contributed by atoms with Gasteiger partial charge in [-0.25, -0.2) is 0 Å². The molecule has 0 aromatic heterocycles. The smallest absolute Gasteiger partial charge is 0.220 e. The Hall–Kier alpha value is -1.33. The Labute approximate surface area is 426 Å². The molecule has 1 aliphatic rings. The summed E-state index contributed by atoms with van der Waals surface area (Å²) in [7, 11) is 0. The molecule has 7 unspecified atom stereocenters. The number of amides is 1. The van der Waals surface area contributed by atoms with E-state index in [1.165, 1.54) is 238 Å². The molecule has 1 rings (SSSR count). The van der Waals surface area contributed by atoms with E-state index in [9.17, 15) is 30.3 Å². The Bertz CT molecular complexity index is 1130. The van der Waals surface area contributed by atoms with Gasteiger partial charge in [0.1, 0.15) is 24.4 Å². The summed E-state index contributed by atoms with van der Waals surface area (Å²) in [5.74, 6) is -0.180. The molecule has 1 heterocycles. The van der Waals surface area contributed by atoms with Gasteiger partial charge < -0.3 is 40.3 Å². The first-order valence-electron chi connectivity index (χ1n) is 30.1. The first-order chi connectivity index (χ1) is 33.8. The van der Waals surface area contributed by atoms with E-state index in [1.54, 1.807) is 6.08 Å². The second kappa shape index (κ2) is 50.2. The summed E-state index contributed by atoms with van der Waals surface area (Å²) in [6.07, 6.45) is 56.8. The van der Waals surface area contributed by atoms with E-state index >= 15 is 0 Å². The second-order valence-corrected chi connectivity index (χ2v) is 21.1. The summed E-state index contributed by atoms with van der Waals surface area (Å²) in [6, 6.07) is -0.819. The van der Waals surface area contributed by atoms with Crippen molar-refractivity contribution in [3.8, 4) is 0 Å². The normalized spacial score (nSPS) is 19.6. The van der Waals surface area contributed by atoms with Crippen molar-refractivity contribution in [3.63, 3.8) is 0 Å². The molecule has 0 bridgehead atoms. The molecule has 0 aliphatic carbocycles. The number of hydrogen-bond acceptors (Lipinski definition) is 8. The van der Waals surface area contributed by atoms with Crippen LogP contribution in [0.4, 0.5) is 0 Å². The molecule has 408 valence electrons. The van der Waals surface area contributed by atoms with Gasteiger partial charge in [0.25, 0.3) is 0 Å². The van der Waals surface area contributed by atoms with E-state index in [1.807, 2.05) is 6.08 Å².